The van der Waals surface area contributed by atoms with Gasteiger partial charge < -0.3 is 10.7 Å². The van der Waals surface area contributed by atoms with E-state index >= 15 is 0 Å². The van der Waals surface area contributed by atoms with Crippen LogP contribution in [-0.4, -0.2) is 9.97 Å². The molecule has 0 spiro atoms. The van der Waals surface area contributed by atoms with Crippen LogP contribution in [0.4, 0.5) is 0 Å². The zero-order valence-corrected chi connectivity index (χ0v) is 10.0. The van der Waals surface area contributed by atoms with Crippen molar-refractivity contribution in [3.8, 4) is 0 Å². The standard InChI is InChI=1S/C11H10BrN3O/c12-7-3-1-2-6-8(7)14-10(16)15-9(6)11(13)4-5-11/h1-3H,4-5,13H2,(H,14,15,16). The van der Waals surface area contributed by atoms with Crippen LogP contribution in [0.1, 0.15) is 18.5 Å². The summed E-state index contributed by atoms with van der Waals surface area (Å²) in [5, 5.41) is 0.925. The minimum absolute atomic E-state index is 0.342. The Morgan fingerprint density at radius 3 is 2.88 bits per heavy atom. The maximum Gasteiger partial charge on any atom is 0.345 e. The number of rotatable bonds is 1. The van der Waals surface area contributed by atoms with Gasteiger partial charge in [-0.2, -0.15) is 4.98 Å². The minimum Gasteiger partial charge on any atom is -0.320 e. The first-order valence-electron chi connectivity index (χ1n) is 5.08. The molecule has 5 heteroatoms. The van der Waals surface area contributed by atoms with E-state index in [0.717, 1.165) is 28.4 Å². The Bertz CT molecular complexity index is 631. The topological polar surface area (TPSA) is 71.8 Å². The highest BCUT2D eigenvalue weighted by molar-refractivity contribution is 9.10. The quantitative estimate of drug-likeness (QED) is 0.834. The van der Waals surface area contributed by atoms with Crippen molar-refractivity contribution in [2.75, 3.05) is 0 Å². The molecule has 4 nitrogen and oxygen atoms in total. The second kappa shape index (κ2) is 3.15. The van der Waals surface area contributed by atoms with E-state index in [1.807, 2.05) is 18.2 Å². The van der Waals surface area contributed by atoms with E-state index < -0.39 is 0 Å². The molecule has 2 aromatic rings. The number of hydrogen-bond acceptors (Lipinski definition) is 3. The van der Waals surface area contributed by atoms with Gasteiger partial charge in [0, 0.05) is 15.6 Å². The maximum absolute atomic E-state index is 11.5. The molecule has 1 saturated carbocycles. The van der Waals surface area contributed by atoms with Crippen molar-refractivity contribution in [3.05, 3.63) is 38.9 Å². The monoisotopic (exact) mass is 279 g/mol. The lowest BCUT2D eigenvalue weighted by Crippen LogP contribution is -2.25. The van der Waals surface area contributed by atoms with Crippen molar-refractivity contribution < 1.29 is 0 Å². The third kappa shape index (κ3) is 1.39. The lowest BCUT2D eigenvalue weighted by atomic mass is 10.1. The van der Waals surface area contributed by atoms with E-state index in [9.17, 15) is 4.79 Å². The normalized spacial score (nSPS) is 17.6. The number of fused-ring (bicyclic) bond motifs is 1. The first-order valence-corrected chi connectivity index (χ1v) is 5.87. The molecule has 0 amide bonds. The number of H-pyrrole nitrogens is 1. The summed E-state index contributed by atoms with van der Waals surface area (Å²) in [5.41, 5.74) is 6.93. The van der Waals surface area contributed by atoms with Crippen molar-refractivity contribution >= 4 is 26.8 Å². The van der Waals surface area contributed by atoms with Gasteiger partial charge in [-0.05, 0) is 34.8 Å². The van der Waals surface area contributed by atoms with Crippen molar-refractivity contribution in [2.24, 2.45) is 5.73 Å². The van der Waals surface area contributed by atoms with Gasteiger partial charge in [0.25, 0.3) is 0 Å². The summed E-state index contributed by atoms with van der Waals surface area (Å²) in [6, 6.07) is 5.72. The van der Waals surface area contributed by atoms with E-state index in [4.69, 9.17) is 5.73 Å². The van der Waals surface area contributed by atoms with Crippen LogP contribution in [0, 0.1) is 0 Å². The highest BCUT2D eigenvalue weighted by Crippen LogP contribution is 2.43. The maximum atomic E-state index is 11.5. The Labute approximate surface area is 100 Å². The molecule has 1 heterocycles. The summed E-state index contributed by atoms with van der Waals surface area (Å²) in [6.45, 7) is 0. The molecule has 1 aromatic heterocycles. The van der Waals surface area contributed by atoms with Crippen LogP contribution in [0.5, 0.6) is 0 Å². The number of nitrogens with zero attached hydrogens (tertiary/aromatic N) is 1. The van der Waals surface area contributed by atoms with Gasteiger partial charge in [-0.1, -0.05) is 12.1 Å². The molecule has 0 unspecified atom stereocenters. The van der Waals surface area contributed by atoms with Gasteiger partial charge in [0.2, 0.25) is 0 Å². The Morgan fingerprint density at radius 1 is 1.44 bits per heavy atom. The Morgan fingerprint density at radius 2 is 2.19 bits per heavy atom. The number of nitrogens with two attached hydrogens (primary N) is 1. The SMILES string of the molecule is NC1(c2[nH]c(=O)nc3c(Br)cccc23)CC1. The molecule has 0 radical (unpaired) electrons. The van der Waals surface area contributed by atoms with E-state index in [1.54, 1.807) is 0 Å². The highest BCUT2D eigenvalue weighted by atomic mass is 79.9. The molecule has 3 N–H and O–H groups in total. The van der Waals surface area contributed by atoms with Gasteiger partial charge in [0.05, 0.1) is 11.1 Å². The number of aromatic amines is 1. The second-order valence-corrected chi connectivity index (χ2v) is 5.06. The van der Waals surface area contributed by atoms with Gasteiger partial charge in [0.1, 0.15) is 0 Å². The zero-order valence-electron chi connectivity index (χ0n) is 8.46. The Hall–Kier alpha value is -1.20. The average Bonchev–Trinajstić information content (AvgIpc) is 2.98. The van der Waals surface area contributed by atoms with Crippen LogP contribution in [0.15, 0.2) is 27.5 Å². The molecule has 0 atom stereocenters. The summed E-state index contributed by atoms with van der Waals surface area (Å²) in [4.78, 5) is 18.2. The molecule has 1 aromatic carbocycles. The molecule has 1 fully saturated rings. The van der Waals surface area contributed by atoms with E-state index in [0.29, 0.717) is 5.52 Å². The first-order chi connectivity index (χ1) is 7.60. The summed E-state index contributed by atoms with van der Waals surface area (Å²) < 4.78 is 0.821. The van der Waals surface area contributed by atoms with Gasteiger partial charge in [-0.25, -0.2) is 4.79 Å². The summed E-state index contributed by atoms with van der Waals surface area (Å²) in [6.07, 6.45) is 1.82. The molecular formula is C11H10BrN3O. The van der Waals surface area contributed by atoms with Crippen LogP contribution >= 0.6 is 15.9 Å². The number of nitrogens with one attached hydrogen (secondary N) is 1. The van der Waals surface area contributed by atoms with Crippen molar-refractivity contribution in [1.29, 1.82) is 0 Å². The van der Waals surface area contributed by atoms with Crippen molar-refractivity contribution in [1.82, 2.24) is 9.97 Å². The molecule has 1 aliphatic rings. The van der Waals surface area contributed by atoms with E-state index in [2.05, 4.69) is 25.9 Å². The average molecular weight is 280 g/mol. The molecular weight excluding hydrogens is 270 g/mol. The number of benzene rings is 1. The number of para-hydroxylation sites is 1. The molecule has 0 bridgehead atoms. The largest absolute Gasteiger partial charge is 0.345 e. The molecule has 82 valence electrons. The molecule has 1 aliphatic carbocycles. The fourth-order valence-electron chi connectivity index (χ4n) is 1.91. The second-order valence-electron chi connectivity index (χ2n) is 4.21. The smallest absolute Gasteiger partial charge is 0.320 e. The van der Waals surface area contributed by atoms with Gasteiger partial charge in [-0.3, -0.25) is 0 Å². The van der Waals surface area contributed by atoms with Gasteiger partial charge in [-0.15, -0.1) is 0 Å². The number of halogens is 1. The molecule has 0 aliphatic heterocycles. The van der Waals surface area contributed by atoms with Gasteiger partial charge >= 0.3 is 5.69 Å². The van der Waals surface area contributed by atoms with Crippen LogP contribution < -0.4 is 11.4 Å². The fourth-order valence-corrected chi connectivity index (χ4v) is 2.37. The predicted octanol–water partition coefficient (Wildman–Crippen LogP) is 1.63. The van der Waals surface area contributed by atoms with Crippen LogP contribution in [0.25, 0.3) is 10.9 Å². The third-order valence-corrected chi connectivity index (χ3v) is 3.63. The van der Waals surface area contributed by atoms with Crippen LogP contribution in [-0.2, 0) is 5.54 Å². The predicted molar refractivity (Wildman–Crippen MR) is 65.2 cm³/mol. The number of hydrogen-bond donors (Lipinski definition) is 2. The zero-order chi connectivity index (χ0) is 11.3. The molecule has 0 saturated heterocycles. The lowest BCUT2D eigenvalue weighted by molar-refractivity contribution is 0.708. The summed E-state index contributed by atoms with van der Waals surface area (Å²) in [7, 11) is 0. The van der Waals surface area contributed by atoms with Crippen molar-refractivity contribution in [3.63, 3.8) is 0 Å². The first kappa shape index (κ1) is 9.99. The van der Waals surface area contributed by atoms with E-state index in [1.165, 1.54) is 0 Å². The van der Waals surface area contributed by atoms with Crippen LogP contribution in [0.3, 0.4) is 0 Å². The van der Waals surface area contributed by atoms with Gasteiger partial charge in [0.15, 0.2) is 0 Å². The third-order valence-electron chi connectivity index (χ3n) is 2.99. The van der Waals surface area contributed by atoms with E-state index in [-0.39, 0.29) is 11.2 Å². The number of aromatic nitrogens is 2. The van der Waals surface area contributed by atoms with Crippen LogP contribution in [0.2, 0.25) is 0 Å². The molecule has 3 rings (SSSR count). The summed E-state index contributed by atoms with van der Waals surface area (Å²) >= 11 is 3.40. The lowest BCUT2D eigenvalue weighted by Gasteiger charge is -2.12. The minimum atomic E-state index is -0.360. The highest BCUT2D eigenvalue weighted by Gasteiger charge is 2.42. The Balaban J connectivity index is 2.44. The molecule has 16 heavy (non-hydrogen) atoms. The Kier molecular flexibility index (Phi) is 1.96. The fraction of sp³-hybridized carbons (Fsp3) is 0.273. The summed E-state index contributed by atoms with van der Waals surface area (Å²) in [5.74, 6) is 0. The van der Waals surface area contributed by atoms with Crippen molar-refractivity contribution in [2.45, 2.75) is 18.4 Å².